The highest BCUT2D eigenvalue weighted by Gasteiger charge is 2.32. The quantitative estimate of drug-likeness (QED) is 0.773. The monoisotopic (exact) mass is 376 g/mol. The van der Waals surface area contributed by atoms with Crippen LogP contribution in [0, 0.1) is 0 Å². The van der Waals surface area contributed by atoms with Crippen LogP contribution in [0.3, 0.4) is 0 Å². The van der Waals surface area contributed by atoms with Gasteiger partial charge in [-0.2, -0.15) is 13.2 Å². The summed E-state index contributed by atoms with van der Waals surface area (Å²) < 4.78 is 37.7. The number of ketones is 1. The molecule has 0 saturated heterocycles. The minimum atomic E-state index is -4.51. The minimum absolute atomic E-state index is 0.102. The highest BCUT2D eigenvalue weighted by molar-refractivity contribution is 6.44. The standard InChI is InChI=1S/C15H16ClF3N4O2/c1-23(2)4-3-13(24)12-6-10(25-22-12)8-21-14-11(16)5-9(7-20-14)15(17,18)19/h3-5,7,10H,6,8H2,1-2H3,(H,20,21). The second-order valence-corrected chi connectivity index (χ2v) is 5.95. The van der Waals surface area contributed by atoms with Crippen LogP contribution in [-0.4, -0.2) is 48.1 Å². The molecule has 1 aliphatic heterocycles. The van der Waals surface area contributed by atoms with Crippen molar-refractivity contribution >= 4 is 28.9 Å². The maximum absolute atomic E-state index is 12.6. The molecule has 1 unspecified atom stereocenters. The lowest BCUT2D eigenvalue weighted by Crippen LogP contribution is -2.22. The number of halogens is 4. The largest absolute Gasteiger partial charge is 0.417 e. The molecule has 0 spiro atoms. The van der Waals surface area contributed by atoms with Crippen LogP contribution >= 0.6 is 11.6 Å². The lowest BCUT2D eigenvalue weighted by molar-refractivity contribution is -0.137. The second-order valence-electron chi connectivity index (χ2n) is 5.55. The van der Waals surface area contributed by atoms with Crippen LogP contribution < -0.4 is 5.32 Å². The molecular formula is C15H16ClF3N4O2. The van der Waals surface area contributed by atoms with Crippen molar-refractivity contribution in [1.29, 1.82) is 0 Å². The highest BCUT2D eigenvalue weighted by atomic mass is 35.5. The van der Waals surface area contributed by atoms with Crippen molar-refractivity contribution in [1.82, 2.24) is 9.88 Å². The summed E-state index contributed by atoms with van der Waals surface area (Å²) in [5.74, 6) is -0.160. The topological polar surface area (TPSA) is 66.8 Å². The Morgan fingerprint density at radius 1 is 1.52 bits per heavy atom. The van der Waals surface area contributed by atoms with Gasteiger partial charge in [-0.3, -0.25) is 4.79 Å². The van der Waals surface area contributed by atoms with Crippen LogP contribution in [0.15, 0.2) is 29.7 Å². The number of allylic oxidation sites excluding steroid dienone is 1. The molecule has 25 heavy (non-hydrogen) atoms. The van der Waals surface area contributed by atoms with Crippen molar-refractivity contribution in [2.45, 2.75) is 18.7 Å². The molecule has 1 aliphatic rings. The van der Waals surface area contributed by atoms with E-state index in [4.69, 9.17) is 16.4 Å². The molecule has 6 nitrogen and oxygen atoms in total. The first-order valence-electron chi connectivity index (χ1n) is 7.25. The van der Waals surface area contributed by atoms with Crippen molar-refractivity contribution in [3.8, 4) is 0 Å². The van der Waals surface area contributed by atoms with E-state index in [1.165, 1.54) is 6.08 Å². The predicted octanol–water partition coefficient (Wildman–Crippen LogP) is 2.96. The van der Waals surface area contributed by atoms with Crippen molar-refractivity contribution in [2.75, 3.05) is 26.0 Å². The normalized spacial score (nSPS) is 17.4. The van der Waals surface area contributed by atoms with Crippen LogP contribution in [-0.2, 0) is 15.8 Å². The lowest BCUT2D eigenvalue weighted by Gasteiger charge is -2.13. The summed E-state index contributed by atoms with van der Waals surface area (Å²) in [4.78, 5) is 22.4. The fraction of sp³-hybridized carbons (Fsp3) is 0.400. The number of nitrogens with one attached hydrogen (secondary N) is 1. The maximum atomic E-state index is 12.6. The number of alkyl halides is 3. The highest BCUT2D eigenvalue weighted by Crippen LogP contribution is 2.32. The molecule has 0 aromatic carbocycles. The number of carbonyl (C=O) groups is 1. The van der Waals surface area contributed by atoms with Crippen molar-refractivity contribution in [3.05, 3.63) is 35.1 Å². The smallest absolute Gasteiger partial charge is 0.390 e. The third-order valence-corrected chi connectivity index (χ3v) is 3.50. The van der Waals surface area contributed by atoms with E-state index in [9.17, 15) is 18.0 Å². The zero-order chi connectivity index (χ0) is 18.6. The van der Waals surface area contributed by atoms with Gasteiger partial charge in [-0.05, 0) is 6.07 Å². The molecule has 1 atom stereocenters. The molecule has 136 valence electrons. The molecule has 1 aromatic heterocycles. The molecule has 0 fully saturated rings. The van der Waals surface area contributed by atoms with Gasteiger partial charge in [0.2, 0.25) is 5.78 Å². The first kappa shape index (κ1) is 19.0. The first-order chi connectivity index (χ1) is 11.7. The van der Waals surface area contributed by atoms with Gasteiger partial charge in [0.25, 0.3) is 0 Å². The van der Waals surface area contributed by atoms with E-state index in [1.54, 1.807) is 25.2 Å². The van der Waals surface area contributed by atoms with E-state index in [1.807, 2.05) is 0 Å². The minimum Gasteiger partial charge on any atom is -0.390 e. The van der Waals surface area contributed by atoms with Gasteiger partial charge in [-0.1, -0.05) is 16.8 Å². The molecule has 10 heteroatoms. The number of hydrogen-bond donors (Lipinski definition) is 1. The Labute approximate surface area is 147 Å². The third kappa shape index (κ3) is 5.35. The summed E-state index contributed by atoms with van der Waals surface area (Å²) in [5.41, 5.74) is -0.652. The van der Waals surface area contributed by atoms with Crippen LogP contribution in [0.5, 0.6) is 0 Å². The molecule has 2 rings (SSSR count). The number of hydrogen-bond acceptors (Lipinski definition) is 6. The lowest BCUT2D eigenvalue weighted by atomic mass is 10.1. The molecule has 2 heterocycles. The van der Waals surface area contributed by atoms with Crippen molar-refractivity contribution in [3.63, 3.8) is 0 Å². The second kappa shape index (κ2) is 7.73. The summed E-state index contributed by atoms with van der Waals surface area (Å²) in [7, 11) is 3.56. The van der Waals surface area contributed by atoms with Gasteiger partial charge in [0.15, 0.2) is 6.10 Å². The molecule has 1 N–H and O–H groups in total. The zero-order valence-corrected chi connectivity index (χ0v) is 14.2. The summed E-state index contributed by atoms with van der Waals surface area (Å²) in [6.07, 6.45) is -0.989. The Morgan fingerprint density at radius 3 is 2.84 bits per heavy atom. The number of aromatic nitrogens is 1. The van der Waals surface area contributed by atoms with E-state index >= 15 is 0 Å². The van der Waals surface area contributed by atoms with Crippen LogP contribution in [0.25, 0.3) is 0 Å². The van der Waals surface area contributed by atoms with Gasteiger partial charge < -0.3 is 15.1 Å². The maximum Gasteiger partial charge on any atom is 0.417 e. The molecule has 0 bridgehead atoms. The molecular weight excluding hydrogens is 361 g/mol. The predicted molar refractivity (Wildman–Crippen MR) is 87.5 cm³/mol. The molecule has 1 aromatic rings. The number of nitrogens with zero attached hydrogens (tertiary/aromatic N) is 3. The summed E-state index contributed by atoms with van der Waals surface area (Å²) in [5, 5.41) is 6.37. The Bertz CT molecular complexity index is 705. The molecule has 0 amide bonds. The molecule has 0 saturated carbocycles. The van der Waals surface area contributed by atoms with Crippen molar-refractivity contribution < 1.29 is 22.8 Å². The van der Waals surface area contributed by atoms with Crippen LogP contribution in [0.1, 0.15) is 12.0 Å². The SMILES string of the molecule is CN(C)C=CC(=O)C1=NOC(CNc2ncc(C(F)(F)F)cc2Cl)C1. The van der Waals surface area contributed by atoms with Gasteiger partial charge in [0.1, 0.15) is 11.5 Å². The fourth-order valence-corrected chi connectivity index (χ4v) is 2.16. The third-order valence-electron chi connectivity index (χ3n) is 3.21. The Morgan fingerprint density at radius 2 is 2.24 bits per heavy atom. The summed E-state index contributed by atoms with van der Waals surface area (Å²) in [6.45, 7) is 0.190. The Kier molecular flexibility index (Phi) is 5.89. The number of anilines is 1. The van der Waals surface area contributed by atoms with E-state index < -0.39 is 17.8 Å². The summed E-state index contributed by atoms with van der Waals surface area (Å²) in [6, 6.07) is 0.796. The number of rotatable bonds is 6. The molecule has 0 aliphatic carbocycles. The number of pyridine rings is 1. The first-order valence-corrected chi connectivity index (χ1v) is 7.63. The average Bonchev–Trinajstić information content (AvgIpc) is 2.99. The van der Waals surface area contributed by atoms with E-state index in [0.717, 1.165) is 6.07 Å². The van der Waals surface area contributed by atoms with Gasteiger partial charge in [-0.25, -0.2) is 4.98 Å². The summed E-state index contributed by atoms with van der Waals surface area (Å²) >= 11 is 5.81. The fourth-order valence-electron chi connectivity index (χ4n) is 1.93. The van der Waals surface area contributed by atoms with E-state index in [-0.39, 0.29) is 35.3 Å². The van der Waals surface area contributed by atoms with Crippen LogP contribution in [0.2, 0.25) is 5.02 Å². The van der Waals surface area contributed by atoms with Gasteiger partial charge in [0.05, 0.1) is 17.1 Å². The van der Waals surface area contributed by atoms with Gasteiger partial charge in [-0.15, -0.1) is 0 Å². The number of oxime groups is 1. The Balaban J connectivity index is 1.89. The van der Waals surface area contributed by atoms with E-state index in [0.29, 0.717) is 6.20 Å². The van der Waals surface area contributed by atoms with Gasteiger partial charge in [0, 0.05) is 39.0 Å². The number of carbonyl (C=O) groups excluding carboxylic acids is 1. The zero-order valence-electron chi connectivity index (χ0n) is 13.5. The van der Waals surface area contributed by atoms with Gasteiger partial charge >= 0.3 is 6.18 Å². The van der Waals surface area contributed by atoms with Crippen molar-refractivity contribution in [2.24, 2.45) is 5.16 Å². The average molecular weight is 377 g/mol. The van der Waals surface area contributed by atoms with Crippen LogP contribution in [0.4, 0.5) is 19.0 Å². The van der Waals surface area contributed by atoms with E-state index in [2.05, 4.69) is 15.5 Å². The molecule has 0 radical (unpaired) electrons. The Hall–Kier alpha value is -2.29.